The zero-order valence-corrected chi connectivity index (χ0v) is 7.85. The molecule has 0 aliphatic heterocycles. The topological polar surface area (TPSA) is 0 Å². The molecule has 0 saturated heterocycles. The zero-order chi connectivity index (χ0) is 7.56. The van der Waals surface area contributed by atoms with Gasteiger partial charge in [-0.15, -0.1) is 0 Å². The lowest BCUT2D eigenvalue weighted by Gasteiger charge is -2.05. The maximum atomic E-state index is 3.53. The fourth-order valence-corrected chi connectivity index (χ4v) is 1.55. The number of hydrogen-bond donors (Lipinski definition) is 0. The van der Waals surface area contributed by atoms with E-state index < -0.39 is 0 Å². The van der Waals surface area contributed by atoms with Gasteiger partial charge in [0.05, 0.1) is 0 Å². The quantitative estimate of drug-likeness (QED) is 0.607. The second kappa shape index (κ2) is 3.20. The number of alkyl halides is 1. The summed E-state index contributed by atoms with van der Waals surface area (Å²) in [6.07, 6.45) is 0. The minimum Gasteiger partial charge on any atom is -0.0842 e. The molecule has 1 aromatic rings. The van der Waals surface area contributed by atoms with Crippen LogP contribution in [0.25, 0.3) is 0 Å². The molecule has 0 nitrogen and oxygen atoms in total. The summed E-state index contributed by atoms with van der Waals surface area (Å²) in [5.41, 5.74) is 2.73. The molecule has 10 heavy (non-hydrogen) atoms. The van der Waals surface area contributed by atoms with Crippen LogP contribution in [0.3, 0.4) is 0 Å². The lowest BCUT2D eigenvalue weighted by Crippen LogP contribution is -1.86. The van der Waals surface area contributed by atoms with Gasteiger partial charge in [-0.2, -0.15) is 0 Å². The first-order valence-electron chi connectivity index (χ1n) is 3.41. The third-order valence-corrected chi connectivity index (χ3v) is 2.11. The van der Waals surface area contributed by atoms with Crippen LogP contribution in [0.2, 0.25) is 0 Å². The summed E-state index contributed by atoms with van der Waals surface area (Å²) in [6, 6.07) is 8.41. The highest BCUT2D eigenvalue weighted by atomic mass is 79.9. The van der Waals surface area contributed by atoms with Crippen molar-refractivity contribution >= 4 is 15.9 Å². The number of hydrogen-bond acceptors (Lipinski definition) is 0. The highest BCUT2D eigenvalue weighted by Crippen LogP contribution is 2.23. The van der Waals surface area contributed by atoms with E-state index in [0.717, 1.165) is 0 Å². The van der Waals surface area contributed by atoms with Crippen molar-refractivity contribution in [3.63, 3.8) is 0 Å². The molecule has 0 spiro atoms. The second-order valence-corrected chi connectivity index (χ2v) is 3.85. The molecule has 1 rings (SSSR count). The number of benzene rings is 1. The van der Waals surface area contributed by atoms with Crippen LogP contribution in [0.15, 0.2) is 24.3 Å². The van der Waals surface area contributed by atoms with Crippen molar-refractivity contribution in [2.75, 3.05) is 0 Å². The van der Waals surface area contributed by atoms with E-state index in [0.29, 0.717) is 4.83 Å². The van der Waals surface area contributed by atoms with Gasteiger partial charge in [0.1, 0.15) is 0 Å². The van der Waals surface area contributed by atoms with Gasteiger partial charge in [0.25, 0.3) is 0 Å². The van der Waals surface area contributed by atoms with Crippen LogP contribution in [0.1, 0.15) is 22.9 Å². The first kappa shape index (κ1) is 7.80. The van der Waals surface area contributed by atoms with Crippen LogP contribution in [0.4, 0.5) is 0 Å². The predicted molar refractivity (Wildman–Crippen MR) is 48.5 cm³/mol. The molecule has 0 bridgehead atoms. The largest absolute Gasteiger partial charge is 0.0842 e. The van der Waals surface area contributed by atoms with Crippen molar-refractivity contribution in [3.05, 3.63) is 35.4 Å². The number of aryl methyl sites for hydroxylation is 1. The van der Waals surface area contributed by atoms with Crippen molar-refractivity contribution < 1.29 is 0 Å². The smallest absolute Gasteiger partial charge is 0.0369 e. The van der Waals surface area contributed by atoms with Crippen LogP contribution in [-0.2, 0) is 0 Å². The van der Waals surface area contributed by atoms with Crippen LogP contribution in [0.5, 0.6) is 0 Å². The highest BCUT2D eigenvalue weighted by Gasteiger charge is 2.01. The molecule has 0 heterocycles. The summed E-state index contributed by atoms with van der Waals surface area (Å²) in [5, 5.41) is 0. The summed E-state index contributed by atoms with van der Waals surface area (Å²) in [4.78, 5) is 0.466. The summed E-state index contributed by atoms with van der Waals surface area (Å²) in [5.74, 6) is 0. The van der Waals surface area contributed by atoms with Crippen LogP contribution < -0.4 is 0 Å². The standard InChI is InChI=1S/C9H11Br/c1-7-5-3-4-6-9(7)8(2)10/h3-6,8H,1-2H3/t8-/m0/s1. The monoisotopic (exact) mass is 198 g/mol. The van der Waals surface area contributed by atoms with Gasteiger partial charge >= 0.3 is 0 Å². The molecule has 0 aliphatic carbocycles. The summed E-state index contributed by atoms with van der Waals surface area (Å²) in [6.45, 7) is 4.27. The lowest BCUT2D eigenvalue weighted by atomic mass is 10.1. The molecular weight excluding hydrogens is 188 g/mol. The van der Waals surface area contributed by atoms with Crippen LogP contribution in [0, 0.1) is 6.92 Å². The van der Waals surface area contributed by atoms with Gasteiger partial charge in [0, 0.05) is 4.83 Å². The normalized spacial score (nSPS) is 13.1. The van der Waals surface area contributed by atoms with Gasteiger partial charge in [-0.3, -0.25) is 0 Å². The van der Waals surface area contributed by atoms with Crippen molar-refractivity contribution in [2.45, 2.75) is 18.7 Å². The molecular formula is C9H11Br. The zero-order valence-electron chi connectivity index (χ0n) is 6.26. The maximum absolute atomic E-state index is 3.53. The average Bonchev–Trinajstić information content (AvgIpc) is 1.88. The minimum absolute atomic E-state index is 0.466. The minimum atomic E-state index is 0.466. The van der Waals surface area contributed by atoms with E-state index in [1.807, 2.05) is 0 Å². The Labute approximate surface area is 70.4 Å². The van der Waals surface area contributed by atoms with E-state index in [4.69, 9.17) is 0 Å². The summed E-state index contributed by atoms with van der Waals surface area (Å²) >= 11 is 3.53. The van der Waals surface area contributed by atoms with Gasteiger partial charge in [-0.1, -0.05) is 40.2 Å². The van der Waals surface area contributed by atoms with Crippen molar-refractivity contribution in [1.29, 1.82) is 0 Å². The van der Waals surface area contributed by atoms with E-state index in [1.54, 1.807) is 0 Å². The molecule has 0 N–H and O–H groups in total. The number of rotatable bonds is 1. The molecule has 0 fully saturated rings. The molecule has 0 radical (unpaired) electrons. The number of halogens is 1. The van der Waals surface area contributed by atoms with Crippen molar-refractivity contribution in [3.8, 4) is 0 Å². The van der Waals surface area contributed by atoms with Crippen molar-refractivity contribution in [2.24, 2.45) is 0 Å². The Bertz CT molecular complexity index is 216. The Kier molecular flexibility index (Phi) is 2.50. The molecule has 0 saturated carbocycles. The van der Waals surface area contributed by atoms with E-state index in [9.17, 15) is 0 Å². The van der Waals surface area contributed by atoms with Gasteiger partial charge in [0.2, 0.25) is 0 Å². The molecule has 0 amide bonds. The average molecular weight is 199 g/mol. The molecule has 1 heteroatoms. The Hall–Kier alpha value is -0.300. The van der Waals surface area contributed by atoms with Crippen LogP contribution in [-0.4, -0.2) is 0 Å². The molecule has 1 aromatic carbocycles. The SMILES string of the molecule is Cc1ccccc1[C@H](C)Br. The van der Waals surface area contributed by atoms with Gasteiger partial charge in [-0.05, 0) is 25.0 Å². The van der Waals surface area contributed by atoms with Gasteiger partial charge in [-0.25, -0.2) is 0 Å². The third kappa shape index (κ3) is 1.60. The molecule has 0 aliphatic rings. The first-order valence-corrected chi connectivity index (χ1v) is 4.33. The first-order chi connectivity index (χ1) is 4.72. The van der Waals surface area contributed by atoms with Gasteiger partial charge in [0.15, 0.2) is 0 Å². The van der Waals surface area contributed by atoms with Gasteiger partial charge < -0.3 is 0 Å². The van der Waals surface area contributed by atoms with E-state index in [2.05, 4.69) is 54.0 Å². The third-order valence-electron chi connectivity index (χ3n) is 1.62. The van der Waals surface area contributed by atoms with E-state index >= 15 is 0 Å². The Morgan fingerprint density at radius 1 is 1.30 bits per heavy atom. The fraction of sp³-hybridized carbons (Fsp3) is 0.333. The summed E-state index contributed by atoms with van der Waals surface area (Å²) < 4.78 is 0. The Balaban J connectivity index is 3.03. The molecule has 1 atom stereocenters. The Morgan fingerprint density at radius 3 is 2.30 bits per heavy atom. The summed E-state index contributed by atoms with van der Waals surface area (Å²) in [7, 11) is 0. The second-order valence-electron chi connectivity index (χ2n) is 2.47. The predicted octanol–water partition coefficient (Wildman–Crippen LogP) is 3.45. The van der Waals surface area contributed by atoms with E-state index in [1.165, 1.54) is 11.1 Å². The molecule has 0 unspecified atom stereocenters. The molecule has 54 valence electrons. The lowest BCUT2D eigenvalue weighted by molar-refractivity contribution is 1.10. The highest BCUT2D eigenvalue weighted by molar-refractivity contribution is 9.09. The van der Waals surface area contributed by atoms with Crippen molar-refractivity contribution in [1.82, 2.24) is 0 Å². The van der Waals surface area contributed by atoms with Crippen LogP contribution >= 0.6 is 15.9 Å². The fourth-order valence-electron chi connectivity index (χ4n) is 1.03. The maximum Gasteiger partial charge on any atom is 0.0369 e. The molecule has 0 aromatic heterocycles. The Morgan fingerprint density at radius 2 is 1.90 bits per heavy atom. The van der Waals surface area contributed by atoms with E-state index in [-0.39, 0.29) is 0 Å².